The zero-order valence-electron chi connectivity index (χ0n) is 18.1. The van der Waals surface area contributed by atoms with Gasteiger partial charge in [0.2, 0.25) is 5.91 Å². The third-order valence-electron chi connectivity index (χ3n) is 6.23. The molecule has 1 saturated heterocycles. The fourth-order valence-corrected chi connectivity index (χ4v) is 4.34. The molecule has 1 unspecified atom stereocenters. The van der Waals surface area contributed by atoms with E-state index in [-0.39, 0.29) is 23.9 Å². The van der Waals surface area contributed by atoms with Crippen LogP contribution in [0.3, 0.4) is 0 Å². The van der Waals surface area contributed by atoms with Crippen molar-refractivity contribution in [2.75, 3.05) is 6.54 Å². The Hall–Kier alpha value is -3.51. The van der Waals surface area contributed by atoms with Gasteiger partial charge in [0.25, 0.3) is 0 Å². The maximum absolute atomic E-state index is 12.7. The normalized spacial score (nSPS) is 22.2. The molecule has 1 amide bonds. The first-order valence-electron chi connectivity index (χ1n) is 10.8. The van der Waals surface area contributed by atoms with Crippen LogP contribution in [0.25, 0.3) is 0 Å². The molecule has 0 saturated carbocycles. The van der Waals surface area contributed by atoms with Crippen LogP contribution in [0.1, 0.15) is 30.9 Å². The SMILES string of the molecule is CC12CC=C(NC(=O)CCc3ccccc3)C=C1/C(=N/O)C(=O)CN2Cc1ccccc1. The number of ketones is 1. The van der Waals surface area contributed by atoms with Crippen LogP contribution in [-0.2, 0) is 22.6 Å². The minimum Gasteiger partial charge on any atom is -0.410 e. The number of amides is 1. The molecular formula is C26H27N3O3. The molecule has 164 valence electrons. The van der Waals surface area contributed by atoms with Gasteiger partial charge in [-0.3, -0.25) is 14.5 Å². The number of nitrogens with zero attached hydrogens (tertiary/aromatic N) is 2. The number of aryl methyl sites for hydroxylation is 1. The molecule has 2 N–H and O–H groups in total. The average Bonchev–Trinajstić information content (AvgIpc) is 2.81. The number of likely N-dealkylation sites (tertiary alicyclic amines) is 1. The van der Waals surface area contributed by atoms with Gasteiger partial charge in [-0.15, -0.1) is 0 Å². The van der Waals surface area contributed by atoms with Crippen molar-refractivity contribution in [3.63, 3.8) is 0 Å². The van der Waals surface area contributed by atoms with E-state index in [1.54, 1.807) is 6.08 Å². The largest absolute Gasteiger partial charge is 0.410 e. The number of piperidine rings is 1. The first kappa shape index (κ1) is 21.7. The molecular weight excluding hydrogens is 402 g/mol. The van der Waals surface area contributed by atoms with Crippen LogP contribution in [0.4, 0.5) is 0 Å². The highest BCUT2D eigenvalue weighted by Gasteiger charge is 2.46. The summed E-state index contributed by atoms with van der Waals surface area (Å²) in [7, 11) is 0. The quantitative estimate of drug-likeness (QED) is 0.543. The minimum atomic E-state index is -0.510. The third kappa shape index (κ3) is 4.55. The van der Waals surface area contributed by atoms with Crippen molar-refractivity contribution in [1.82, 2.24) is 10.2 Å². The molecule has 0 spiro atoms. The summed E-state index contributed by atoms with van der Waals surface area (Å²) in [5.41, 5.74) is 3.04. The van der Waals surface area contributed by atoms with Gasteiger partial charge in [0.1, 0.15) is 0 Å². The molecule has 0 radical (unpaired) electrons. The van der Waals surface area contributed by atoms with Gasteiger partial charge >= 0.3 is 0 Å². The molecule has 2 aromatic rings. The van der Waals surface area contributed by atoms with Crippen LogP contribution >= 0.6 is 0 Å². The van der Waals surface area contributed by atoms with Gasteiger partial charge in [0.15, 0.2) is 11.5 Å². The van der Waals surface area contributed by atoms with Crippen LogP contribution in [0.15, 0.2) is 89.2 Å². The number of carbonyl (C=O) groups is 2. The van der Waals surface area contributed by atoms with Crippen LogP contribution in [0.5, 0.6) is 0 Å². The molecule has 4 rings (SSSR count). The molecule has 0 aromatic heterocycles. The summed E-state index contributed by atoms with van der Waals surface area (Å²) < 4.78 is 0. The molecule has 1 aliphatic heterocycles. The average molecular weight is 430 g/mol. The lowest BCUT2D eigenvalue weighted by atomic mass is 9.75. The molecule has 2 aliphatic rings. The van der Waals surface area contributed by atoms with Crippen molar-refractivity contribution < 1.29 is 14.8 Å². The number of carbonyl (C=O) groups excluding carboxylic acids is 2. The Morgan fingerprint density at radius 2 is 1.75 bits per heavy atom. The molecule has 1 atom stereocenters. The van der Waals surface area contributed by atoms with Gasteiger partial charge in [0.05, 0.1) is 12.1 Å². The van der Waals surface area contributed by atoms with Crippen molar-refractivity contribution in [2.45, 2.75) is 38.3 Å². The first-order chi connectivity index (χ1) is 15.5. The van der Waals surface area contributed by atoms with Gasteiger partial charge in [-0.2, -0.15) is 0 Å². The van der Waals surface area contributed by atoms with E-state index in [0.717, 1.165) is 11.1 Å². The van der Waals surface area contributed by atoms with E-state index in [9.17, 15) is 14.8 Å². The number of hydrogen-bond donors (Lipinski definition) is 2. The van der Waals surface area contributed by atoms with Crippen molar-refractivity contribution in [3.05, 3.63) is 95.2 Å². The zero-order chi connectivity index (χ0) is 22.6. The van der Waals surface area contributed by atoms with E-state index < -0.39 is 5.54 Å². The van der Waals surface area contributed by atoms with Crippen LogP contribution in [0.2, 0.25) is 0 Å². The Kier molecular flexibility index (Phi) is 6.32. The maximum atomic E-state index is 12.7. The Balaban J connectivity index is 1.51. The lowest BCUT2D eigenvalue weighted by Gasteiger charge is -2.47. The smallest absolute Gasteiger partial charge is 0.224 e. The van der Waals surface area contributed by atoms with Crippen LogP contribution in [0, 0.1) is 0 Å². The Bertz CT molecular complexity index is 1090. The predicted molar refractivity (Wildman–Crippen MR) is 123 cm³/mol. The van der Waals surface area contributed by atoms with Crippen LogP contribution < -0.4 is 5.32 Å². The Morgan fingerprint density at radius 3 is 2.41 bits per heavy atom. The molecule has 1 fully saturated rings. The Morgan fingerprint density at radius 1 is 1.09 bits per heavy atom. The second kappa shape index (κ2) is 9.32. The molecule has 6 heteroatoms. The molecule has 32 heavy (non-hydrogen) atoms. The second-order valence-electron chi connectivity index (χ2n) is 8.44. The van der Waals surface area contributed by atoms with Crippen molar-refractivity contribution in [1.29, 1.82) is 0 Å². The summed E-state index contributed by atoms with van der Waals surface area (Å²) in [5, 5.41) is 15.8. The first-order valence-corrected chi connectivity index (χ1v) is 10.8. The number of oxime groups is 1. The summed E-state index contributed by atoms with van der Waals surface area (Å²) in [4.78, 5) is 27.3. The van der Waals surface area contributed by atoms with E-state index >= 15 is 0 Å². The van der Waals surface area contributed by atoms with Gasteiger partial charge in [0, 0.05) is 24.2 Å². The lowest BCUT2D eigenvalue weighted by Crippen LogP contribution is -2.58. The summed E-state index contributed by atoms with van der Waals surface area (Å²) in [6.45, 7) is 2.82. The van der Waals surface area contributed by atoms with E-state index in [1.807, 2.05) is 73.7 Å². The van der Waals surface area contributed by atoms with Crippen molar-refractivity contribution >= 4 is 17.4 Å². The zero-order valence-corrected chi connectivity index (χ0v) is 18.1. The van der Waals surface area contributed by atoms with Crippen molar-refractivity contribution in [3.8, 4) is 0 Å². The molecule has 1 heterocycles. The maximum Gasteiger partial charge on any atom is 0.224 e. The molecule has 1 aliphatic carbocycles. The molecule has 2 aromatic carbocycles. The van der Waals surface area contributed by atoms with E-state index in [2.05, 4.69) is 15.4 Å². The number of benzene rings is 2. The van der Waals surface area contributed by atoms with Crippen LogP contribution in [-0.4, -0.2) is 39.6 Å². The summed E-state index contributed by atoms with van der Waals surface area (Å²) >= 11 is 0. The fraction of sp³-hybridized carbons (Fsp3) is 0.269. The van der Waals surface area contributed by atoms with Gasteiger partial charge in [-0.05, 0) is 37.0 Å². The summed E-state index contributed by atoms with van der Waals surface area (Å²) in [6, 6.07) is 19.8. The monoisotopic (exact) mass is 429 g/mol. The number of Topliss-reactive ketones (excluding diaryl/α,β-unsaturated/α-hetero) is 1. The highest BCUT2D eigenvalue weighted by atomic mass is 16.4. The topological polar surface area (TPSA) is 82.0 Å². The number of allylic oxidation sites excluding steroid dienone is 1. The standard InChI is InChI=1S/C26H27N3O3/c1-26-15-14-21(27-24(31)13-12-19-8-4-2-5-9-19)16-22(26)25(28-32)23(30)18-29(26)17-20-10-6-3-7-11-20/h2-11,14,16,32H,12-13,15,17-18H2,1H3,(H,27,31)/b28-25-. The van der Waals surface area contributed by atoms with E-state index in [0.29, 0.717) is 37.1 Å². The number of fused-ring (bicyclic) bond motifs is 1. The van der Waals surface area contributed by atoms with E-state index in [4.69, 9.17) is 0 Å². The second-order valence-corrected chi connectivity index (χ2v) is 8.44. The number of nitrogens with one attached hydrogen (secondary N) is 1. The van der Waals surface area contributed by atoms with Gasteiger partial charge in [-0.25, -0.2) is 0 Å². The third-order valence-corrected chi connectivity index (χ3v) is 6.23. The fourth-order valence-electron chi connectivity index (χ4n) is 4.34. The number of rotatable bonds is 6. The lowest BCUT2D eigenvalue weighted by molar-refractivity contribution is -0.120. The number of hydrogen-bond acceptors (Lipinski definition) is 5. The molecule has 6 nitrogen and oxygen atoms in total. The Labute approximate surface area is 187 Å². The summed E-state index contributed by atoms with van der Waals surface area (Å²) in [6.07, 6.45) is 5.36. The van der Waals surface area contributed by atoms with Gasteiger partial charge in [-0.1, -0.05) is 71.9 Å². The molecule has 0 bridgehead atoms. The van der Waals surface area contributed by atoms with E-state index in [1.165, 1.54) is 0 Å². The highest BCUT2D eigenvalue weighted by molar-refractivity contribution is 6.48. The predicted octanol–water partition coefficient (Wildman–Crippen LogP) is 3.62. The highest BCUT2D eigenvalue weighted by Crippen LogP contribution is 2.38. The minimum absolute atomic E-state index is 0.0703. The summed E-state index contributed by atoms with van der Waals surface area (Å²) in [5.74, 6) is -0.324. The van der Waals surface area contributed by atoms with Crippen molar-refractivity contribution in [2.24, 2.45) is 5.16 Å². The van der Waals surface area contributed by atoms with Gasteiger partial charge < -0.3 is 10.5 Å².